The van der Waals surface area contributed by atoms with Crippen LogP contribution in [0, 0.1) is 0 Å². The van der Waals surface area contributed by atoms with Crippen molar-refractivity contribution in [3.05, 3.63) is 10.4 Å². The molecule has 1 aliphatic heterocycles. The van der Waals surface area contributed by atoms with Crippen LogP contribution in [0.15, 0.2) is 5.38 Å². The number of nitrogens with zero attached hydrogens (tertiary/aromatic N) is 1. The molecule has 1 aliphatic rings. The van der Waals surface area contributed by atoms with Gasteiger partial charge >= 0.3 is 0 Å². The summed E-state index contributed by atoms with van der Waals surface area (Å²) in [5.74, 6) is 0.577. The van der Waals surface area contributed by atoms with Gasteiger partial charge in [0.1, 0.15) is 16.4 Å². The second kappa shape index (κ2) is 3.84. The first kappa shape index (κ1) is 9.89. The zero-order valence-electron chi connectivity index (χ0n) is 8.16. The van der Waals surface area contributed by atoms with Crippen LogP contribution in [0.25, 0.3) is 0 Å². The van der Waals surface area contributed by atoms with Crippen LogP contribution in [0.4, 0.5) is 5.82 Å². The molecule has 0 aromatic carbocycles. The molecule has 1 aromatic rings. The summed E-state index contributed by atoms with van der Waals surface area (Å²) in [6, 6.07) is 0. The summed E-state index contributed by atoms with van der Waals surface area (Å²) < 4.78 is 10.9. The fraction of sp³-hybridized carbons (Fsp3) is 0.667. The lowest BCUT2D eigenvalue weighted by Crippen LogP contribution is -2.35. The van der Waals surface area contributed by atoms with Crippen LogP contribution in [-0.4, -0.2) is 25.3 Å². The fourth-order valence-corrected chi connectivity index (χ4v) is 2.65. The molecule has 0 amide bonds. The Bertz CT molecular complexity index is 308. The highest BCUT2D eigenvalue weighted by Crippen LogP contribution is 2.37. The summed E-state index contributed by atoms with van der Waals surface area (Å²) >= 11 is 1.56. The van der Waals surface area contributed by atoms with Crippen molar-refractivity contribution in [3.63, 3.8) is 0 Å². The number of hydrogen-bond acceptors (Lipinski definition) is 5. The lowest BCUT2D eigenvalue weighted by Gasteiger charge is -2.33. The monoisotopic (exact) mass is 214 g/mol. The highest BCUT2D eigenvalue weighted by atomic mass is 32.1. The molecule has 78 valence electrons. The van der Waals surface area contributed by atoms with Crippen molar-refractivity contribution >= 4 is 17.2 Å². The number of nitrogen functional groups attached to an aromatic ring is 1. The molecule has 5 heteroatoms. The van der Waals surface area contributed by atoms with Gasteiger partial charge in [-0.2, -0.15) is 0 Å². The number of rotatable bonds is 2. The Morgan fingerprint density at radius 2 is 2.29 bits per heavy atom. The molecule has 1 fully saturated rings. The van der Waals surface area contributed by atoms with E-state index >= 15 is 0 Å². The van der Waals surface area contributed by atoms with Crippen molar-refractivity contribution in [2.24, 2.45) is 0 Å². The van der Waals surface area contributed by atoms with Gasteiger partial charge in [0.2, 0.25) is 0 Å². The molecule has 0 unspecified atom stereocenters. The van der Waals surface area contributed by atoms with Gasteiger partial charge in [-0.15, -0.1) is 11.3 Å². The molecule has 0 aliphatic carbocycles. The van der Waals surface area contributed by atoms with E-state index in [1.807, 2.05) is 5.38 Å². The summed E-state index contributed by atoms with van der Waals surface area (Å²) in [4.78, 5) is 4.29. The number of aromatic nitrogens is 1. The minimum atomic E-state index is -0.263. The van der Waals surface area contributed by atoms with E-state index in [1.165, 1.54) is 0 Å². The molecule has 0 spiro atoms. The molecule has 0 radical (unpaired) electrons. The molecule has 14 heavy (non-hydrogen) atoms. The van der Waals surface area contributed by atoms with Crippen LogP contribution in [0.1, 0.15) is 17.8 Å². The van der Waals surface area contributed by atoms with E-state index in [1.54, 1.807) is 18.4 Å². The molecule has 2 heterocycles. The first-order valence-corrected chi connectivity index (χ1v) is 5.49. The van der Waals surface area contributed by atoms with Crippen molar-refractivity contribution in [2.75, 3.05) is 26.1 Å². The summed E-state index contributed by atoms with van der Waals surface area (Å²) in [5.41, 5.74) is 5.35. The fourth-order valence-electron chi connectivity index (χ4n) is 1.70. The van der Waals surface area contributed by atoms with Crippen molar-refractivity contribution in [1.82, 2.24) is 4.98 Å². The third-order valence-electron chi connectivity index (χ3n) is 2.60. The third-order valence-corrected chi connectivity index (χ3v) is 3.65. The maximum atomic E-state index is 5.61. The lowest BCUT2D eigenvalue weighted by molar-refractivity contribution is -0.0947. The van der Waals surface area contributed by atoms with E-state index in [-0.39, 0.29) is 5.60 Å². The molecule has 0 atom stereocenters. The molecule has 2 N–H and O–H groups in total. The second-order valence-corrected chi connectivity index (χ2v) is 4.25. The highest BCUT2D eigenvalue weighted by molar-refractivity contribution is 7.10. The van der Waals surface area contributed by atoms with E-state index in [0.717, 1.165) is 31.1 Å². The van der Waals surface area contributed by atoms with Gasteiger partial charge in [-0.1, -0.05) is 0 Å². The van der Waals surface area contributed by atoms with E-state index < -0.39 is 0 Å². The molecular weight excluding hydrogens is 200 g/mol. The van der Waals surface area contributed by atoms with Crippen LogP contribution in [0.5, 0.6) is 0 Å². The van der Waals surface area contributed by atoms with E-state index in [2.05, 4.69) is 4.98 Å². The van der Waals surface area contributed by atoms with E-state index in [4.69, 9.17) is 15.2 Å². The Morgan fingerprint density at radius 1 is 1.57 bits per heavy atom. The van der Waals surface area contributed by atoms with Gasteiger partial charge in [0, 0.05) is 38.5 Å². The van der Waals surface area contributed by atoms with Crippen LogP contribution >= 0.6 is 11.3 Å². The van der Waals surface area contributed by atoms with E-state index in [0.29, 0.717) is 5.82 Å². The number of methoxy groups -OCH3 is 1. The summed E-state index contributed by atoms with van der Waals surface area (Å²) in [6.07, 6.45) is 1.72. The normalized spacial score (nSPS) is 20.9. The van der Waals surface area contributed by atoms with Gasteiger partial charge in [0.15, 0.2) is 0 Å². The van der Waals surface area contributed by atoms with Gasteiger partial charge < -0.3 is 15.2 Å². The smallest absolute Gasteiger partial charge is 0.134 e. The van der Waals surface area contributed by atoms with Gasteiger partial charge in [-0.05, 0) is 0 Å². The lowest BCUT2D eigenvalue weighted by atomic mass is 9.95. The Hall–Kier alpha value is -0.650. The first-order valence-electron chi connectivity index (χ1n) is 4.61. The van der Waals surface area contributed by atoms with Gasteiger partial charge in [-0.25, -0.2) is 4.98 Å². The van der Waals surface area contributed by atoms with Crippen LogP contribution in [-0.2, 0) is 15.1 Å². The molecule has 0 saturated carbocycles. The van der Waals surface area contributed by atoms with Gasteiger partial charge in [-0.3, -0.25) is 0 Å². The first-order chi connectivity index (χ1) is 6.77. The average Bonchev–Trinajstić information content (AvgIpc) is 2.66. The van der Waals surface area contributed by atoms with Crippen molar-refractivity contribution in [2.45, 2.75) is 18.4 Å². The Kier molecular flexibility index (Phi) is 2.71. The molecule has 4 nitrogen and oxygen atoms in total. The quantitative estimate of drug-likeness (QED) is 0.808. The van der Waals surface area contributed by atoms with Crippen LogP contribution < -0.4 is 5.73 Å². The highest BCUT2D eigenvalue weighted by Gasteiger charge is 2.37. The van der Waals surface area contributed by atoms with Gasteiger partial charge in [0.25, 0.3) is 0 Å². The number of anilines is 1. The number of thiazole rings is 1. The van der Waals surface area contributed by atoms with Gasteiger partial charge in [0.05, 0.1) is 0 Å². The Morgan fingerprint density at radius 3 is 2.79 bits per heavy atom. The van der Waals surface area contributed by atoms with Crippen LogP contribution in [0.3, 0.4) is 0 Å². The number of hydrogen-bond donors (Lipinski definition) is 1. The molecule has 1 saturated heterocycles. The minimum absolute atomic E-state index is 0.263. The topological polar surface area (TPSA) is 57.4 Å². The molecular formula is C9H14N2O2S. The largest absolute Gasteiger partial charge is 0.383 e. The maximum absolute atomic E-state index is 5.61. The third kappa shape index (κ3) is 1.63. The predicted octanol–water partition coefficient (Wildman–Crippen LogP) is 1.38. The SMILES string of the molecule is COC1(c2nc(N)cs2)CCOCC1. The van der Waals surface area contributed by atoms with Crippen molar-refractivity contribution in [3.8, 4) is 0 Å². The predicted molar refractivity (Wildman–Crippen MR) is 55.3 cm³/mol. The Labute approximate surface area is 87.0 Å². The zero-order chi connectivity index (χ0) is 10.0. The standard InChI is InChI=1S/C9H14N2O2S/c1-12-9(2-4-13-5-3-9)8-11-7(10)6-14-8/h6H,2-5,10H2,1H3. The average molecular weight is 214 g/mol. The maximum Gasteiger partial charge on any atom is 0.134 e. The summed E-state index contributed by atoms with van der Waals surface area (Å²) in [5, 5.41) is 2.83. The van der Waals surface area contributed by atoms with E-state index in [9.17, 15) is 0 Å². The number of ether oxygens (including phenoxy) is 2. The Balaban J connectivity index is 2.26. The molecule has 0 bridgehead atoms. The molecule has 2 rings (SSSR count). The summed E-state index contributed by atoms with van der Waals surface area (Å²) in [7, 11) is 1.73. The van der Waals surface area contributed by atoms with Crippen LogP contribution in [0.2, 0.25) is 0 Å². The summed E-state index contributed by atoms with van der Waals surface area (Å²) in [6.45, 7) is 1.46. The molecule has 1 aromatic heterocycles. The number of nitrogens with two attached hydrogens (primary N) is 1. The minimum Gasteiger partial charge on any atom is -0.383 e. The second-order valence-electron chi connectivity index (χ2n) is 3.39. The van der Waals surface area contributed by atoms with Crippen molar-refractivity contribution < 1.29 is 9.47 Å². The zero-order valence-corrected chi connectivity index (χ0v) is 8.97. The van der Waals surface area contributed by atoms with Crippen molar-refractivity contribution in [1.29, 1.82) is 0 Å².